The molecule has 4 nitrogen and oxygen atoms in total. The third-order valence-electron chi connectivity index (χ3n) is 2.98. The van der Waals surface area contributed by atoms with Crippen molar-refractivity contribution in [1.29, 1.82) is 0 Å². The minimum Gasteiger partial charge on any atom is -0.468 e. The largest absolute Gasteiger partial charge is 0.468 e. The maximum atomic E-state index is 11.8. The van der Waals surface area contributed by atoms with Gasteiger partial charge in [-0.2, -0.15) is 0 Å². The first-order chi connectivity index (χ1) is 7.65. The molecule has 0 spiro atoms. The second-order valence-corrected chi connectivity index (χ2v) is 4.81. The number of nitrogens with zero attached hydrogens (tertiary/aromatic N) is 1. The Labute approximate surface area is 98.3 Å². The lowest BCUT2D eigenvalue weighted by molar-refractivity contribution is -0.147. The molecule has 1 atom stereocenters. The zero-order chi connectivity index (χ0) is 12.0. The van der Waals surface area contributed by atoms with Crippen LogP contribution in [0.5, 0.6) is 0 Å². The van der Waals surface area contributed by atoms with E-state index in [1.54, 1.807) is 0 Å². The molecule has 4 heteroatoms. The maximum Gasteiger partial charge on any atom is 0.323 e. The number of carbonyl (C=O) groups is 1. The van der Waals surface area contributed by atoms with Crippen LogP contribution in [-0.4, -0.2) is 50.2 Å². The third-order valence-corrected chi connectivity index (χ3v) is 2.98. The average molecular weight is 228 g/mol. The number of hydrogen-bond donors (Lipinski definition) is 1. The smallest absolute Gasteiger partial charge is 0.323 e. The van der Waals surface area contributed by atoms with Crippen LogP contribution in [0, 0.1) is 5.92 Å². The number of methoxy groups -OCH3 is 1. The number of ether oxygens (including phenoxy) is 1. The van der Waals surface area contributed by atoms with E-state index in [1.807, 2.05) is 0 Å². The second-order valence-electron chi connectivity index (χ2n) is 4.81. The zero-order valence-corrected chi connectivity index (χ0v) is 10.7. The summed E-state index contributed by atoms with van der Waals surface area (Å²) in [5, 5.41) is 3.35. The van der Waals surface area contributed by atoms with Gasteiger partial charge in [0.2, 0.25) is 0 Å². The highest BCUT2D eigenvalue weighted by molar-refractivity contribution is 5.75. The summed E-state index contributed by atoms with van der Waals surface area (Å²) in [6.07, 6.45) is 1.98. The standard InChI is InChI=1S/C12H24N2O2/c1-10(2)9-11(12(15)16-3)14-7-4-5-13-6-8-14/h10-11,13H,4-9H2,1-3H3. The molecule has 94 valence electrons. The SMILES string of the molecule is COC(=O)C(CC(C)C)N1CCCNCC1. The molecule has 0 aromatic rings. The number of esters is 1. The Bertz CT molecular complexity index is 211. The van der Waals surface area contributed by atoms with Crippen LogP contribution in [0.15, 0.2) is 0 Å². The highest BCUT2D eigenvalue weighted by atomic mass is 16.5. The fraction of sp³-hybridized carbons (Fsp3) is 0.917. The van der Waals surface area contributed by atoms with Crippen molar-refractivity contribution in [2.45, 2.75) is 32.7 Å². The lowest BCUT2D eigenvalue weighted by atomic mass is 10.0. The van der Waals surface area contributed by atoms with Gasteiger partial charge in [0, 0.05) is 19.6 Å². The van der Waals surface area contributed by atoms with E-state index in [9.17, 15) is 4.79 Å². The van der Waals surface area contributed by atoms with Crippen LogP contribution in [0.25, 0.3) is 0 Å². The first kappa shape index (κ1) is 13.5. The molecule has 1 N–H and O–H groups in total. The molecule has 0 amide bonds. The van der Waals surface area contributed by atoms with Crippen LogP contribution < -0.4 is 5.32 Å². The van der Waals surface area contributed by atoms with Gasteiger partial charge in [0.25, 0.3) is 0 Å². The summed E-state index contributed by atoms with van der Waals surface area (Å²) in [6, 6.07) is -0.0649. The molecule has 1 rings (SSSR count). The predicted molar refractivity (Wildman–Crippen MR) is 64.3 cm³/mol. The Balaban J connectivity index is 2.61. The van der Waals surface area contributed by atoms with E-state index in [4.69, 9.17) is 4.74 Å². The van der Waals surface area contributed by atoms with Crippen LogP contribution in [0.1, 0.15) is 26.7 Å². The van der Waals surface area contributed by atoms with Gasteiger partial charge in [-0.25, -0.2) is 0 Å². The van der Waals surface area contributed by atoms with Crippen LogP contribution >= 0.6 is 0 Å². The van der Waals surface area contributed by atoms with Crippen molar-refractivity contribution in [3.05, 3.63) is 0 Å². The van der Waals surface area contributed by atoms with E-state index in [0.717, 1.165) is 39.0 Å². The number of hydrogen-bond acceptors (Lipinski definition) is 4. The van der Waals surface area contributed by atoms with Gasteiger partial charge < -0.3 is 10.1 Å². The van der Waals surface area contributed by atoms with Gasteiger partial charge in [-0.3, -0.25) is 9.69 Å². The van der Waals surface area contributed by atoms with Crippen molar-refractivity contribution in [3.8, 4) is 0 Å². The molecule has 0 aromatic heterocycles. The molecule has 0 saturated carbocycles. The molecule has 0 bridgehead atoms. The maximum absolute atomic E-state index is 11.8. The van der Waals surface area contributed by atoms with E-state index in [2.05, 4.69) is 24.1 Å². The van der Waals surface area contributed by atoms with Gasteiger partial charge in [0.15, 0.2) is 0 Å². The number of nitrogens with one attached hydrogen (secondary N) is 1. The quantitative estimate of drug-likeness (QED) is 0.725. The molecule has 1 unspecified atom stereocenters. The predicted octanol–water partition coefficient (Wildman–Crippen LogP) is 0.869. The van der Waals surface area contributed by atoms with Crippen molar-refractivity contribution in [2.24, 2.45) is 5.92 Å². The fourth-order valence-corrected chi connectivity index (χ4v) is 2.16. The van der Waals surface area contributed by atoms with Crippen molar-refractivity contribution in [3.63, 3.8) is 0 Å². The van der Waals surface area contributed by atoms with E-state index in [1.165, 1.54) is 7.11 Å². The van der Waals surface area contributed by atoms with Gasteiger partial charge in [0.1, 0.15) is 6.04 Å². The van der Waals surface area contributed by atoms with Crippen molar-refractivity contribution >= 4 is 5.97 Å². The number of carbonyl (C=O) groups excluding carboxylic acids is 1. The Kier molecular flexibility index (Phi) is 5.77. The topological polar surface area (TPSA) is 41.6 Å². The van der Waals surface area contributed by atoms with Crippen LogP contribution in [0.2, 0.25) is 0 Å². The normalized spacial score (nSPS) is 20.5. The Morgan fingerprint density at radius 2 is 2.12 bits per heavy atom. The minimum atomic E-state index is -0.0874. The van der Waals surface area contributed by atoms with Crippen molar-refractivity contribution < 1.29 is 9.53 Å². The summed E-state index contributed by atoms with van der Waals surface area (Å²) >= 11 is 0. The number of rotatable bonds is 4. The van der Waals surface area contributed by atoms with E-state index < -0.39 is 0 Å². The molecule has 1 saturated heterocycles. The molecule has 1 fully saturated rings. The van der Waals surface area contributed by atoms with Gasteiger partial charge in [0.05, 0.1) is 7.11 Å². The highest BCUT2D eigenvalue weighted by Gasteiger charge is 2.27. The zero-order valence-electron chi connectivity index (χ0n) is 10.7. The van der Waals surface area contributed by atoms with Gasteiger partial charge in [-0.15, -0.1) is 0 Å². The van der Waals surface area contributed by atoms with Crippen LogP contribution in [0.3, 0.4) is 0 Å². The second kappa shape index (κ2) is 6.86. The molecule has 1 heterocycles. The third kappa shape index (κ3) is 4.10. The Morgan fingerprint density at radius 3 is 2.75 bits per heavy atom. The first-order valence-electron chi connectivity index (χ1n) is 6.17. The monoisotopic (exact) mass is 228 g/mol. The fourth-order valence-electron chi connectivity index (χ4n) is 2.16. The van der Waals surface area contributed by atoms with Gasteiger partial charge >= 0.3 is 5.97 Å². The molecule has 0 aromatic carbocycles. The first-order valence-corrected chi connectivity index (χ1v) is 6.17. The van der Waals surface area contributed by atoms with Gasteiger partial charge in [-0.05, 0) is 25.3 Å². The molecule has 1 aliphatic heterocycles. The summed E-state index contributed by atoms with van der Waals surface area (Å²) in [5.41, 5.74) is 0. The van der Waals surface area contributed by atoms with E-state index >= 15 is 0 Å². The van der Waals surface area contributed by atoms with Gasteiger partial charge in [-0.1, -0.05) is 13.8 Å². The van der Waals surface area contributed by atoms with Crippen LogP contribution in [-0.2, 0) is 9.53 Å². The molecule has 16 heavy (non-hydrogen) atoms. The van der Waals surface area contributed by atoms with Crippen LogP contribution in [0.4, 0.5) is 0 Å². The summed E-state index contributed by atoms with van der Waals surface area (Å²) in [5.74, 6) is 0.427. The lowest BCUT2D eigenvalue weighted by Crippen LogP contribution is -2.44. The highest BCUT2D eigenvalue weighted by Crippen LogP contribution is 2.14. The molecule has 1 aliphatic rings. The summed E-state index contributed by atoms with van der Waals surface area (Å²) in [7, 11) is 1.48. The minimum absolute atomic E-state index is 0.0649. The summed E-state index contributed by atoms with van der Waals surface area (Å²) < 4.78 is 4.91. The lowest BCUT2D eigenvalue weighted by Gasteiger charge is -2.29. The Morgan fingerprint density at radius 1 is 1.38 bits per heavy atom. The molecular weight excluding hydrogens is 204 g/mol. The van der Waals surface area contributed by atoms with E-state index in [-0.39, 0.29) is 12.0 Å². The van der Waals surface area contributed by atoms with Crippen molar-refractivity contribution in [2.75, 3.05) is 33.3 Å². The Hall–Kier alpha value is -0.610. The van der Waals surface area contributed by atoms with E-state index in [0.29, 0.717) is 5.92 Å². The average Bonchev–Trinajstić information content (AvgIpc) is 2.53. The molecule has 0 aliphatic carbocycles. The summed E-state index contributed by atoms with van der Waals surface area (Å²) in [4.78, 5) is 14.0. The molecular formula is C12H24N2O2. The molecule has 0 radical (unpaired) electrons. The van der Waals surface area contributed by atoms with Crippen molar-refractivity contribution in [1.82, 2.24) is 10.2 Å². The summed E-state index contributed by atoms with van der Waals surface area (Å²) in [6.45, 7) is 8.22.